The fourth-order valence-electron chi connectivity index (χ4n) is 1.54. The minimum absolute atomic E-state index is 0.0924. The summed E-state index contributed by atoms with van der Waals surface area (Å²) < 4.78 is 43.9. The van der Waals surface area contributed by atoms with Crippen LogP contribution in [0.25, 0.3) is 0 Å². The van der Waals surface area contributed by atoms with E-state index in [2.05, 4.69) is 19.6 Å². The van der Waals surface area contributed by atoms with Crippen LogP contribution in [0.1, 0.15) is 0 Å². The largest absolute Gasteiger partial charge is 0.387 e. The van der Waals surface area contributed by atoms with Crippen molar-refractivity contribution >= 4 is 37.9 Å². The summed E-state index contributed by atoms with van der Waals surface area (Å²) in [6.07, 6.45) is 1.16. The van der Waals surface area contributed by atoms with E-state index >= 15 is 0 Å². The van der Waals surface area contributed by atoms with Gasteiger partial charge in [0.05, 0.1) is 22.9 Å². The van der Waals surface area contributed by atoms with Gasteiger partial charge in [-0.1, -0.05) is 4.49 Å². The zero-order valence-electron chi connectivity index (χ0n) is 10.4. The lowest BCUT2D eigenvalue weighted by molar-refractivity contribution is -0.385. The smallest absolute Gasteiger partial charge is 0.274 e. The van der Waals surface area contributed by atoms with Crippen LogP contribution in [0.3, 0.4) is 0 Å². The number of nitro benzene ring substituents is 1. The Bertz CT molecular complexity index is 778. The molecule has 9 nitrogen and oxygen atoms in total. The monoisotopic (exact) mass is 333 g/mol. The second-order valence-electron chi connectivity index (χ2n) is 3.70. The van der Waals surface area contributed by atoms with Crippen molar-refractivity contribution < 1.29 is 17.7 Å². The van der Waals surface area contributed by atoms with Crippen LogP contribution >= 0.6 is 11.5 Å². The molecule has 12 heteroatoms. The third-order valence-corrected chi connectivity index (χ3v) is 4.52. The molecule has 1 aromatic heterocycles. The average molecular weight is 333 g/mol. The van der Waals surface area contributed by atoms with Crippen molar-refractivity contribution in [1.82, 2.24) is 9.59 Å². The molecule has 0 aliphatic carbocycles. The van der Waals surface area contributed by atoms with E-state index in [0.717, 1.165) is 23.8 Å². The van der Waals surface area contributed by atoms with Crippen molar-refractivity contribution in [3.8, 4) is 0 Å². The number of hydrogen-bond acceptors (Lipinski definition) is 8. The molecular weight excluding hydrogens is 325 g/mol. The van der Waals surface area contributed by atoms with Crippen LogP contribution in [-0.2, 0) is 10.0 Å². The molecule has 0 bridgehead atoms. The minimum atomic E-state index is -4.28. The molecule has 2 N–H and O–H groups in total. The van der Waals surface area contributed by atoms with E-state index in [1.807, 2.05) is 0 Å². The summed E-state index contributed by atoms with van der Waals surface area (Å²) in [5.74, 6) is -1.24. The van der Waals surface area contributed by atoms with E-state index in [9.17, 15) is 22.9 Å². The Hall–Kier alpha value is -2.34. The van der Waals surface area contributed by atoms with Gasteiger partial charge >= 0.3 is 0 Å². The number of rotatable bonds is 5. The molecule has 0 radical (unpaired) electrons. The molecule has 21 heavy (non-hydrogen) atoms. The molecule has 1 heterocycles. The summed E-state index contributed by atoms with van der Waals surface area (Å²) in [4.78, 5) is 9.13. The molecule has 2 rings (SSSR count). The summed E-state index contributed by atoms with van der Waals surface area (Å²) in [6, 6.07) is 1.48. The number of non-ortho nitro benzene ring substituents is 1. The van der Waals surface area contributed by atoms with Crippen LogP contribution in [0.5, 0.6) is 0 Å². The predicted octanol–water partition coefficient (Wildman–Crippen LogP) is 1.43. The molecule has 0 spiro atoms. The molecule has 0 fully saturated rings. The standard InChI is InChI=1S/C9H8FN5O4S2/c1-11-7-3-5(15(16)17)2-6(10)9(7)21(18,19)13-8-4-12-14-20-8/h2-4,11,13H,1H3. The molecule has 0 atom stereocenters. The van der Waals surface area contributed by atoms with Gasteiger partial charge in [-0.3, -0.25) is 14.8 Å². The van der Waals surface area contributed by atoms with Gasteiger partial charge in [-0.2, -0.15) is 0 Å². The molecule has 0 aliphatic heterocycles. The second kappa shape index (κ2) is 5.57. The first-order valence-corrected chi connectivity index (χ1v) is 7.56. The van der Waals surface area contributed by atoms with Gasteiger partial charge in [-0.15, -0.1) is 5.10 Å². The Morgan fingerprint density at radius 2 is 2.14 bits per heavy atom. The number of halogens is 1. The SMILES string of the molecule is CNc1cc([N+](=O)[O-])cc(F)c1S(=O)(=O)Nc1cnns1. The number of hydrogen-bond donors (Lipinski definition) is 2. The highest BCUT2D eigenvalue weighted by Crippen LogP contribution is 2.31. The van der Waals surface area contributed by atoms with Crippen LogP contribution in [0.15, 0.2) is 23.2 Å². The van der Waals surface area contributed by atoms with Crippen LogP contribution in [0.2, 0.25) is 0 Å². The Morgan fingerprint density at radius 3 is 2.67 bits per heavy atom. The molecule has 0 amide bonds. The third-order valence-electron chi connectivity index (χ3n) is 2.37. The maximum Gasteiger partial charge on any atom is 0.274 e. The second-order valence-corrected chi connectivity index (χ2v) is 6.10. The number of sulfonamides is 1. The van der Waals surface area contributed by atoms with E-state index in [4.69, 9.17) is 0 Å². The number of benzene rings is 1. The summed E-state index contributed by atoms with van der Waals surface area (Å²) >= 11 is 0.769. The van der Waals surface area contributed by atoms with Gasteiger partial charge in [0.1, 0.15) is 9.90 Å². The van der Waals surface area contributed by atoms with Crippen molar-refractivity contribution in [2.24, 2.45) is 0 Å². The maximum absolute atomic E-state index is 14.0. The van der Waals surface area contributed by atoms with Crippen molar-refractivity contribution in [3.63, 3.8) is 0 Å². The van der Waals surface area contributed by atoms with Gasteiger partial charge in [0, 0.05) is 24.6 Å². The molecule has 0 saturated heterocycles. The summed E-state index contributed by atoms with van der Waals surface area (Å²) in [5.41, 5.74) is -0.790. The predicted molar refractivity (Wildman–Crippen MR) is 73.3 cm³/mol. The number of nitrogens with one attached hydrogen (secondary N) is 2. The lowest BCUT2D eigenvalue weighted by Crippen LogP contribution is -2.16. The van der Waals surface area contributed by atoms with Crippen LogP contribution in [-0.4, -0.2) is 30.0 Å². The quantitative estimate of drug-likeness (QED) is 0.625. The lowest BCUT2D eigenvalue weighted by Gasteiger charge is -2.11. The fraction of sp³-hybridized carbons (Fsp3) is 0.111. The van der Waals surface area contributed by atoms with Gasteiger partial charge in [0.25, 0.3) is 15.7 Å². The van der Waals surface area contributed by atoms with Gasteiger partial charge < -0.3 is 5.32 Å². The maximum atomic E-state index is 14.0. The highest BCUT2D eigenvalue weighted by atomic mass is 32.2. The molecule has 2 aromatic rings. The summed E-state index contributed by atoms with van der Waals surface area (Å²) in [6.45, 7) is 0. The number of nitrogens with zero attached hydrogens (tertiary/aromatic N) is 3. The van der Waals surface area contributed by atoms with Gasteiger partial charge in [0.15, 0.2) is 5.82 Å². The number of anilines is 2. The van der Waals surface area contributed by atoms with Crippen LogP contribution < -0.4 is 10.0 Å². The van der Waals surface area contributed by atoms with Crippen molar-refractivity contribution in [2.45, 2.75) is 4.90 Å². The van der Waals surface area contributed by atoms with Crippen molar-refractivity contribution in [2.75, 3.05) is 17.1 Å². The first kappa shape index (κ1) is 15.1. The zero-order valence-corrected chi connectivity index (χ0v) is 12.0. The lowest BCUT2D eigenvalue weighted by atomic mass is 10.2. The summed E-state index contributed by atoms with van der Waals surface area (Å²) in [5, 5.41) is 16.6. The minimum Gasteiger partial charge on any atom is -0.387 e. The summed E-state index contributed by atoms with van der Waals surface area (Å²) in [7, 11) is -2.95. The molecule has 0 aliphatic rings. The molecule has 0 unspecified atom stereocenters. The van der Waals surface area contributed by atoms with E-state index in [-0.39, 0.29) is 10.7 Å². The van der Waals surface area contributed by atoms with E-state index in [1.54, 1.807) is 0 Å². The molecule has 1 aromatic carbocycles. The Kier molecular flexibility index (Phi) is 3.99. The molecule has 0 saturated carbocycles. The zero-order chi connectivity index (χ0) is 15.6. The highest BCUT2D eigenvalue weighted by molar-refractivity contribution is 7.93. The number of aromatic nitrogens is 2. The average Bonchev–Trinajstić information content (AvgIpc) is 2.89. The topological polar surface area (TPSA) is 127 Å². The van der Waals surface area contributed by atoms with Gasteiger partial charge in [0.2, 0.25) is 0 Å². The molecule has 112 valence electrons. The van der Waals surface area contributed by atoms with Gasteiger partial charge in [-0.25, -0.2) is 12.8 Å². The Labute approximate surface area is 122 Å². The first-order valence-electron chi connectivity index (χ1n) is 5.31. The third kappa shape index (κ3) is 3.05. The van der Waals surface area contributed by atoms with E-state index < -0.39 is 31.3 Å². The van der Waals surface area contributed by atoms with Crippen LogP contribution in [0.4, 0.5) is 20.8 Å². The van der Waals surface area contributed by atoms with Gasteiger partial charge in [-0.05, 0) is 0 Å². The van der Waals surface area contributed by atoms with E-state index in [1.165, 1.54) is 7.05 Å². The number of nitro groups is 1. The van der Waals surface area contributed by atoms with Crippen molar-refractivity contribution in [1.29, 1.82) is 0 Å². The van der Waals surface area contributed by atoms with Crippen molar-refractivity contribution in [3.05, 3.63) is 34.3 Å². The Balaban J connectivity index is 2.54. The Morgan fingerprint density at radius 1 is 1.43 bits per heavy atom. The van der Waals surface area contributed by atoms with E-state index in [0.29, 0.717) is 6.07 Å². The normalized spacial score (nSPS) is 11.1. The first-order chi connectivity index (χ1) is 9.85. The highest BCUT2D eigenvalue weighted by Gasteiger charge is 2.27. The van der Waals surface area contributed by atoms with Crippen LogP contribution in [0, 0.1) is 15.9 Å². The molecular formula is C9H8FN5O4S2. The fourth-order valence-corrected chi connectivity index (χ4v) is 3.48.